The van der Waals surface area contributed by atoms with E-state index in [0.29, 0.717) is 0 Å². The third-order valence-electron chi connectivity index (χ3n) is 3.02. The van der Waals surface area contributed by atoms with Gasteiger partial charge in [0.25, 0.3) is 0 Å². The zero-order chi connectivity index (χ0) is 11.5. The second-order valence-corrected chi connectivity index (χ2v) is 4.20. The number of ether oxygens (including phenoxy) is 2. The van der Waals surface area contributed by atoms with Crippen LogP contribution in [-0.2, 0) is 9.53 Å². The Kier molecular flexibility index (Phi) is 3.13. The summed E-state index contributed by atoms with van der Waals surface area (Å²) in [5.74, 6) is 0.819. The third kappa shape index (κ3) is 2.18. The molecule has 0 heterocycles. The minimum absolute atomic E-state index is 0.0269. The first kappa shape index (κ1) is 11.0. The standard InChI is InChI=1S/C13H16O3/c1-9-5-3-4-6-12(9)16-11-7-10(8-11)13(14)15-2/h3-6,10-11H,7-8H2,1-2H3. The first-order valence-corrected chi connectivity index (χ1v) is 5.51. The van der Waals surface area contributed by atoms with Gasteiger partial charge in [0.1, 0.15) is 11.9 Å². The van der Waals surface area contributed by atoms with E-state index in [1.807, 2.05) is 31.2 Å². The molecule has 0 aromatic heterocycles. The zero-order valence-corrected chi connectivity index (χ0v) is 9.60. The van der Waals surface area contributed by atoms with Gasteiger partial charge in [-0.05, 0) is 31.4 Å². The van der Waals surface area contributed by atoms with Crippen LogP contribution in [-0.4, -0.2) is 19.2 Å². The Balaban J connectivity index is 1.86. The monoisotopic (exact) mass is 220 g/mol. The molecule has 0 N–H and O–H groups in total. The first-order chi connectivity index (χ1) is 7.70. The average Bonchev–Trinajstić information content (AvgIpc) is 2.24. The van der Waals surface area contributed by atoms with Gasteiger partial charge in [-0.3, -0.25) is 4.79 Å². The quantitative estimate of drug-likeness (QED) is 0.733. The van der Waals surface area contributed by atoms with Crippen LogP contribution in [0.15, 0.2) is 24.3 Å². The molecular formula is C13H16O3. The number of esters is 1. The number of carbonyl (C=O) groups is 1. The first-order valence-electron chi connectivity index (χ1n) is 5.51. The number of benzene rings is 1. The van der Waals surface area contributed by atoms with Gasteiger partial charge >= 0.3 is 5.97 Å². The predicted octanol–water partition coefficient (Wildman–Crippen LogP) is 2.33. The molecule has 3 heteroatoms. The highest BCUT2D eigenvalue weighted by Gasteiger charge is 2.36. The van der Waals surface area contributed by atoms with Crippen LogP contribution in [0, 0.1) is 12.8 Å². The number of rotatable bonds is 3. The van der Waals surface area contributed by atoms with Gasteiger partial charge in [-0.1, -0.05) is 18.2 Å². The molecule has 0 amide bonds. The second kappa shape index (κ2) is 4.56. The Bertz CT molecular complexity index is 381. The average molecular weight is 220 g/mol. The molecule has 0 bridgehead atoms. The van der Waals surface area contributed by atoms with Crippen molar-refractivity contribution in [1.29, 1.82) is 0 Å². The molecule has 1 saturated carbocycles. The van der Waals surface area contributed by atoms with E-state index in [1.54, 1.807) is 0 Å². The maximum absolute atomic E-state index is 11.2. The van der Waals surface area contributed by atoms with E-state index in [0.717, 1.165) is 24.2 Å². The summed E-state index contributed by atoms with van der Waals surface area (Å²) in [6, 6.07) is 7.92. The van der Waals surface area contributed by atoms with E-state index < -0.39 is 0 Å². The zero-order valence-electron chi connectivity index (χ0n) is 9.60. The van der Waals surface area contributed by atoms with Crippen LogP contribution >= 0.6 is 0 Å². The Morgan fingerprint density at radius 2 is 2.00 bits per heavy atom. The van der Waals surface area contributed by atoms with Gasteiger partial charge in [0.15, 0.2) is 0 Å². The van der Waals surface area contributed by atoms with Crippen molar-refractivity contribution in [3.05, 3.63) is 29.8 Å². The van der Waals surface area contributed by atoms with Crippen molar-refractivity contribution in [1.82, 2.24) is 0 Å². The lowest BCUT2D eigenvalue weighted by Gasteiger charge is -2.33. The van der Waals surface area contributed by atoms with Gasteiger partial charge in [-0.2, -0.15) is 0 Å². The highest BCUT2D eigenvalue weighted by atomic mass is 16.5. The van der Waals surface area contributed by atoms with Crippen LogP contribution in [0.1, 0.15) is 18.4 Å². The fourth-order valence-corrected chi connectivity index (χ4v) is 1.89. The maximum atomic E-state index is 11.2. The third-order valence-corrected chi connectivity index (χ3v) is 3.02. The number of hydrogen-bond acceptors (Lipinski definition) is 3. The Morgan fingerprint density at radius 1 is 1.31 bits per heavy atom. The van der Waals surface area contributed by atoms with Crippen LogP contribution in [0.2, 0.25) is 0 Å². The largest absolute Gasteiger partial charge is 0.490 e. The van der Waals surface area contributed by atoms with Crippen LogP contribution in [0.3, 0.4) is 0 Å². The number of aryl methyl sites for hydroxylation is 1. The minimum Gasteiger partial charge on any atom is -0.490 e. The molecule has 0 aliphatic heterocycles. The highest BCUT2D eigenvalue weighted by molar-refractivity contribution is 5.73. The van der Waals surface area contributed by atoms with E-state index in [4.69, 9.17) is 4.74 Å². The molecular weight excluding hydrogens is 204 g/mol. The summed E-state index contributed by atoms with van der Waals surface area (Å²) in [5, 5.41) is 0. The Hall–Kier alpha value is -1.51. The summed E-state index contributed by atoms with van der Waals surface area (Å²) in [6.45, 7) is 2.02. The van der Waals surface area contributed by atoms with Crippen molar-refractivity contribution in [3.63, 3.8) is 0 Å². The van der Waals surface area contributed by atoms with Crippen LogP contribution in [0.5, 0.6) is 5.75 Å². The van der Waals surface area contributed by atoms with Crippen LogP contribution < -0.4 is 4.74 Å². The van der Waals surface area contributed by atoms with Gasteiger partial charge in [-0.15, -0.1) is 0 Å². The summed E-state index contributed by atoms with van der Waals surface area (Å²) < 4.78 is 10.5. The van der Waals surface area contributed by atoms with E-state index in [9.17, 15) is 4.79 Å². The molecule has 0 spiro atoms. The van der Waals surface area contributed by atoms with Crippen LogP contribution in [0.25, 0.3) is 0 Å². The molecule has 1 aliphatic carbocycles. The number of para-hydroxylation sites is 1. The second-order valence-electron chi connectivity index (χ2n) is 4.20. The lowest BCUT2D eigenvalue weighted by atomic mass is 9.82. The molecule has 1 fully saturated rings. The number of hydrogen-bond donors (Lipinski definition) is 0. The molecule has 16 heavy (non-hydrogen) atoms. The number of carbonyl (C=O) groups excluding carboxylic acids is 1. The van der Waals surface area contributed by atoms with E-state index in [2.05, 4.69) is 4.74 Å². The Labute approximate surface area is 95.4 Å². The molecule has 2 rings (SSSR count). The SMILES string of the molecule is COC(=O)C1CC(Oc2ccccc2C)C1. The van der Waals surface area contributed by atoms with E-state index >= 15 is 0 Å². The topological polar surface area (TPSA) is 35.5 Å². The van der Waals surface area contributed by atoms with Crippen molar-refractivity contribution >= 4 is 5.97 Å². The molecule has 0 radical (unpaired) electrons. The van der Waals surface area contributed by atoms with Gasteiger partial charge < -0.3 is 9.47 Å². The van der Waals surface area contributed by atoms with Crippen molar-refractivity contribution in [2.45, 2.75) is 25.9 Å². The van der Waals surface area contributed by atoms with Crippen molar-refractivity contribution < 1.29 is 14.3 Å². The van der Waals surface area contributed by atoms with E-state index in [1.165, 1.54) is 7.11 Å². The van der Waals surface area contributed by atoms with Gasteiger partial charge in [-0.25, -0.2) is 0 Å². The van der Waals surface area contributed by atoms with Gasteiger partial charge in [0.2, 0.25) is 0 Å². The molecule has 0 atom stereocenters. The van der Waals surface area contributed by atoms with E-state index in [-0.39, 0.29) is 18.0 Å². The predicted molar refractivity (Wildman–Crippen MR) is 60.3 cm³/mol. The van der Waals surface area contributed by atoms with Crippen molar-refractivity contribution in [2.75, 3.05) is 7.11 Å². The minimum atomic E-state index is -0.121. The molecule has 1 aromatic rings. The van der Waals surface area contributed by atoms with Gasteiger partial charge in [0, 0.05) is 0 Å². The normalized spacial score (nSPS) is 23.4. The summed E-state index contributed by atoms with van der Waals surface area (Å²) >= 11 is 0. The lowest BCUT2D eigenvalue weighted by Crippen LogP contribution is -2.38. The summed E-state index contributed by atoms with van der Waals surface area (Å²) in [4.78, 5) is 11.2. The molecule has 0 saturated heterocycles. The molecule has 1 aromatic carbocycles. The molecule has 86 valence electrons. The smallest absolute Gasteiger partial charge is 0.308 e. The van der Waals surface area contributed by atoms with Crippen molar-refractivity contribution in [3.8, 4) is 5.75 Å². The number of methoxy groups -OCH3 is 1. The van der Waals surface area contributed by atoms with Gasteiger partial charge in [0.05, 0.1) is 13.0 Å². The summed E-state index contributed by atoms with van der Waals surface area (Å²) in [5.41, 5.74) is 1.13. The molecule has 0 unspecified atom stereocenters. The lowest BCUT2D eigenvalue weighted by molar-refractivity contribution is -0.151. The van der Waals surface area contributed by atoms with Crippen molar-refractivity contribution in [2.24, 2.45) is 5.92 Å². The fraction of sp³-hybridized carbons (Fsp3) is 0.462. The highest BCUT2D eigenvalue weighted by Crippen LogP contribution is 2.33. The fourth-order valence-electron chi connectivity index (χ4n) is 1.89. The summed E-state index contributed by atoms with van der Waals surface area (Å²) in [6.07, 6.45) is 1.69. The van der Waals surface area contributed by atoms with Crippen LogP contribution in [0.4, 0.5) is 0 Å². The molecule has 1 aliphatic rings. The Morgan fingerprint density at radius 3 is 2.62 bits per heavy atom. The summed E-state index contributed by atoms with van der Waals surface area (Å²) in [7, 11) is 1.43. The molecule has 3 nitrogen and oxygen atoms in total. The maximum Gasteiger partial charge on any atom is 0.308 e.